The third-order valence-electron chi connectivity index (χ3n) is 2.67. The maximum absolute atomic E-state index is 9.27. The van der Waals surface area contributed by atoms with Crippen LogP contribution < -0.4 is 5.73 Å². The Hall–Kier alpha value is -1.26. The van der Waals surface area contributed by atoms with E-state index in [1.165, 1.54) is 0 Å². The van der Waals surface area contributed by atoms with Crippen LogP contribution in [0.1, 0.15) is 24.8 Å². The van der Waals surface area contributed by atoms with Gasteiger partial charge < -0.3 is 20.3 Å². The Labute approximate surface area is 95.0 Å². The number of benzene rings is 1. The number of anilines is 1. The molecule has 0 saturated carbocycles. The van der Waals surface area contributed by atoms with Crippen molar-refractivity contribution in [3.05, 3.63) is 23.8 Å². The summed E-state index contributed by atoms with van der Waals surface area (Å²) in [6.07, 6.45) is 3.13. The second kappa shape index (κ2) is 5.18. The molecule has 0 aromatic heterocycles. The number of hydrogen-bond acceptors (Lipinski definition) is 4. The summed E-state index contributed by atoms with van der Waals surface area (Å²) in [6, 6.07) is 5.10. The van der Waals surface area contributed by atoms with Crippen LogP contribution in [0.4, 0.5) is 5.69 Å². The van der Waals surface area contributed by atoms with Crippen molar-refractivity contribution in [2.75, 3.05) is 12.3 Å². The number of phenolic OH excluding ortho intramolecular Hbond substituents is 1. The highest BCUT2D eigenvalue weighted by Gasteiger charge is 2.13. The van der Waals surface area contributed by atoms with E-state index in [2.05, 4.69) is 0 Å². The molecule has 1 aliphatic heterocycles. The first-order valence-electron chi connectivity index (χ1n) is 5.56. The highest BCUT2D eigenvalue weighted by atomic mass is 16.7. The van der Waals surface area contributed by atoms with E-state index < -0.39 is 0 Å². The van der Waals surface area contributed by atoms with Gasteiger partial charge in [0.1, 0.15) is 5.75 Å². The normalized spacial score (nSPS) is 20.9. The molecule has 1 aliphatic rings. The molecule has 3 N–H and O–H groups in total. The second-order valence-electron chi connectivity index (χ2n) is 4.00. The molecule has 4 heteroatoms. The van der Waals surface area contributed by atoms with Crippen molar-refractivity contribution in [2.24, 2.45) is 0 Å². The zero-order valence-corrected chi connectivity index (χ0v) is 9.19. The van der Waals surface area contributed by atoms with Crippen LogP contribution in [0.25, 0.3) is 0 Å². The van der Waals surface area contributed by atoms with Gasteiger partial charge in [0.25, 0.3) is 0 Å². The summed E-state index contributed by atoms with van der Waals surface area (Å²) in [6.45, 7) is 1.25. The van der Waals surface area contributed by atoms with E-state index in [1.807, 2.05) is 0 Å². The lowest BCUT2D eigenvalue weighted by atomic mass is 10.2. The number of hydrogen-bond donors (Lipinski definition) is 2. The van der Waals surface area contributed by atoms with Crippen LogP contribution in [0.3, 0.4) is 0 Å². The van der Waals surface area contributed by atoms with Gasteiger partial charge in [0.2, 0.25) is 0 Å². The predicted molar refractivity (Wildman–Crippen MR) is 60.9 cm³/mol. The molecule has 88 valence electrons. The molecule has 1 atom stereocenters. The van der Waals surface area contributed by atoms with Gasteiger partial charge in [-0.3, -0.25) is 0 Å². The van der Waals surface area contributed by atoms with Crippen LogP contribution in [0.5, 0.6) is 5.75 Å². The average molecular weight is 223 g/mol. The van der Waals surface area contributed by atoms with Gasteiger partial charge in [0, 0.05) is 6.61 Å². The molecule has 1 unspecified atom stereocenters. The lowest BCUT2D eigenvalue weighted by Crippen LogP contribution is -2.22. The van der Waals surface area contributed by atoms with Gasteiger partial charge in [-0.25, -0.2) is 0 Å². The highest BCUT2D eigenvalue weighted by molar-refractivity contribution is 5.53. The van der Waals surface area contributed by atoms with E-state index in [9.17, 15) is 5.11 Å². The summed E-state index contributed by atoms with van der Waals surface area (Å²) in [4.78, 5) is 0. The molecule has 0 radical (unpaired) electrons. The lowest BCUT2D eigenvalue weighted by Gasteiger charge is -2.22. The maximum atomic E-state index is 9.27. The Bertz CT molecular complexity index is 348. The van der Waals surface area contributed by atoms with E-state index in [4.69, 9.17) is 15.2 Å². The summed E-state index contributed by atoms with van der Waals surface area (Å²) >= 11 is 0. The van der Waals surface area contributed by atoms with Gasteiger partial charge in [0.05, 0.1) is 12.3 Å². The smallest absolute Gasteiger partial charge is 0.158 e. The zero-order chi connectivity index (χ0) is 11.4. The van der Waals surface area contributed by atoms with Crippen molar-refractivity contribution in [2.45, 2.75) is 32.2 Å². The monoisotopic (exact) mass is 223 g/mol. The minimum Gasteiger partial charge on any atom is -0.506 e. The van der Waals surface area contributed by atoms with Crippen molar-refractivity contribution in [3.63, 3.8) is 0 Å². The standard InChI is InChI=1S/C12H17NO3/c13-10-7-9(4-5-11(10)14)8-16-12-3-1-2-6-15-12/h4-5,7,12,14H,1-3,6,8,13H2. The molecule has 0 amide bonds. The van der Waals surface area contributed by atoms with Gasteiger partial charge in [-0.05, 0) is 37.0 Å². The van der Waals surface area contributed by atoms with Crippen molar-refractivity contribution < 1.29 is 14.6 Å². The van der Waals surface area contributed by atoms with Crippen molar-refractivity contribution in [1.29, 1.82) is 0 Å². The summed E-state index contributed by atoms with van der Waals surface area (Å²) < 4.78 is 11.1. The van der Waals surface area contributed by atoms with Gasteiger partial charge in [0.15, 0.2) is 6.29 Å². The van der Waals surface area contributed by atoms with Gasteiger partial charge >= 0.3 is 0 Å². The predicted octanol–water partition coefficient (Wildman–Crippen LogP) is 2.02. The molecule has 1 aromatic carbocycles. The number of aromatic hydroxyl groups is 1. The number of rotatable bonds is 3. The van der Waals surface area contributed by atoms with Gasteiger partial charge in [-0.15, -0.1) is 0 Å². The zero-order valence-electron chi connectivity index (χ0n) is 9.19. The fraction of sp³-hybridized carbons (Fsp3) is 0.500. The van der Waals surface area contributed by atoms with E-state index in [0.29, 0.717) is 12.3 Å². The Kier molecular flexibility index (Phi) is 3.64. The molecule has 4 nitrogen and oxygen atoms in total. The number of nitrogen functional groups attached to an aromatic ring is 1. The first kappa shape index (κ1) is 11.2. The van der Waals surface area contributed by atoms with Crippen molar-refractivity contribution >= 4 is 5.69 Å². The highest BCUT2D eigenvalue weighted by Crippen LogP contribution is 2.22. The van der Waals surface area contributed by atoms with Crippen LogP contribution in [-0.4, -0.2) is 18.0 Å². The first-order valence-corrected chi connectivity index (χ1v) is 5.56. The Morgan fingerprint density at radius 3 is 3.00 bits per heavy atom. The summed E-state index contributed by atoms with van der Waals surface area (Å²) in [5, 5.41) is 9.27. The van der Waals surface area contributed by atoms with Crippen LogP contribution >= 0.6 is 0 Å². The Balaban J connectivity index is 1.86. The lowest BCUT2D eigenvalue weighted by molar-refractivity contribution is -0.168. The fourth-order valence-corrected chi connectivity index (χ4v) is 1.73. The molecule has 1 heterocycles. The third kappa shape index (κ3) is 2.87. The molecule has 1 saturated heterocycles. The van der Waals surface area contributed by atoms with Crippen molar-refractivity contribution in [1.82, 2.24) is 0 Å². The Morgan fingerprint density at radius 1 is 1.44 bits per heavy atom. The molecule has 0 spiro atoms. The van der Waals surface area contributed by atoms with Crippen molar-refractivity contribution in [3.8, 4) is 5.75 Å². The van der Waals surface area contributed by atoms with Crippen LogP contribution in [0.15, 0.2) is 18.2 Å². The minimum absolute atomic E-state index is 0.0937. The largest absolute Gasteiger partial charge is 0.506 e. The summed E-state index contributed by atoms with van der Waals surface area (Å²) in [5.41, 5.74) is 6.92. The summed E-state index contributed by atoms with van der Waals surface area (Å²) in [5.74, 6) is 0.109. The van der Waals surface area contributed by atoms with Gasteiger partial charge in [-0.1, -0.05) is 6.07 Å². The second-order valence-corrected chi connectivity index (χ2v) is 4.00. The molecular weight excluding hydrogens is 206 g/mol. The Morgan fingerprint density at radius 2 is 2.31 bits per heavy atom. The fourth-order valence-electron chi connectivity index (χ4n) is 1.73. The quantitative estimate of drug-likeness (QED) is 0.607. The van der Waals surface area contributed by atoms with E-state index in [-0.39, 0.29) is 12.0 Å². The SMILES string of the molecule is Nc1cc(COC2CCCCO2)ccc1O. The third-order valence-corrected chi connectivity index (χ3v) is 2.67. The summed E-state index contributed by atoms with van der Waals surface area (Å²) in [7, 11) is 0. The van der Waals surface area contributed by atoms with E-state index in [0.717, 1.165) is 31.4 Å². The maximum Gasteiger partial charge on any atom is 0.158 e. The van der Waals surface area contributed by atoms with Crippen LogP contribution in [0, 0.1) is 0 Å². The molecule has 0 aliphatic carbocycles. The van der Waals surface area contributed by atoms with Crippen LogP contribution in [0.2, 0.25) is 0 Å². The first-order chi connectivity index (χ1) is 7.75. The van der Waals surface area contributed by atoms with Crippen LogP contribution in [-0.2, 0) is 16.1 Å². The topological polar surface area (TPSA) is 64.7 Å². The molecule has 0 bridgehead atoms. The van der Waals surface area contributed by atoms with Gasteiger partial charge in [-0.2, -0.15) is 0 Å². The molecule has 1 aromatic rings. The minimum atomic E-state index is -0.0937. The van der Waals surface area contributed by atoms with E-state index >= 15 is 0 Å². The number of nitrogens with two attached hydrogens (primary N) is 1. The molecule has 2 rings (SSSR count). The molecule has 1 fully saturated rings. The number of ether oxygens (including phenoxy) is 2. The number of phenols is 1. The average Bonchev–Trinajstić information content (AvgIpc) is 2.32. The molecular formula is C12H17NO3. The van der Waals surface area contributed by atoms with E-state index in [1.54, 1.807) is 18.2 Å². The molecule has 16 heavy (non-hydrogen) atoms.